The van der Waals surface area contributed by atoms with E-state index in [-0.39, 0.29) is 17.4 Å². The number of nitrogens with one attached hydrogen (secondary N) is 1. The SMILES string of the molecule is CC(C)COc1ccnc(C(=O)NC(=O)[C@H](C)N)c1O. The molecule has 1 aromatic heterocycles. The van der Waals surface area contributed by atoms with Crippen molar-refractivity contribution < 1.29 is 19.4 Å². The molecule has 20 heavy (non-hydrogen) atoms. The van der Waals surface area contributed by atoms with Crippen LogP contribution in [0.2, 0.25) is 0 Å². The number of hydrogen-bond acceptors (Lipinski definition) is 6. The monoisotopic (exact) mass is 281 g/mol. The first-order chi connectivity index (χ1) is 9.32. The fraction of sp³-hybridized carbons (Fsp3) is 0.462. The molecule has 0 fully saturated rings. The summed E-state index contributed by atoms with van der Waals surface area (Å²) in [6, 6.07) is 0.614. The Kier molecular flexibility index (Phi) is 5.45. The van der Waals surface area contributed by atoms with Crippen molar-refractivity contribution in [3.63, 3.8) is 0 Å². The van der Waals surface area contributed by atoms with Gasteiger partial charge in [0.15, 0.2) is 17.2 Å². The number of carbonyl (C=O) groups is 2. The van der Waals surface area contributed by atoms with E-state index in [0.29, 0.717) is 6.61 Å². The zero-order valence-electron chi connectivity index (χ0n) is 11.7. The second kappa shape index (κ2) is 6.85. The summed E-state index contributed by atoms with van der Waals surface area (Å²) in [6.45, 7) is 5.73. The molecule has 7 nitrogen and oxygen atoms in total. The van der Waals surface area contributed by atoms with Crippen molar-refractivity contribution in [3.8, 4) is 11.5 Å². The Balaban J connectivity index is 2.88. The van der Waals surface area contributed by atoms with Crippen molar-refractivity contribution in [2.24, 2.45) is 11.7 Å². The Labute approximate surface area is 117 Å². The maximum Gasteiger partial charge on any atom is 0.280 e. The minimum atomic E-state index is -0.832. The van der Waals surface area contributed by atoms with Gasteiger partial charge in [0, 0.05) is 12.3 Å². The van der Waals surface area contributed by atoms with Crippen LogP contribution in [0.25, 0.3) is 0 Å². The molecule has 4 N–H and O–H groups in total. The molecule has 0 aliphatic heterocycles. The molecular weight excluding hydrogens is 262 g/mol. The lowest BCUT2D eigenvalue weighted by molar-refractivity contribution is -0.121. The summed E-state index contributed by atoms with van der Waals surface area (Å²) in [5.41, 5.74) is 5.06. The third-order valence-electron chi connectivity index (χ3n) is 2.32. The topological polar surface area (TPSA) is 115 Å². The van der Waals surface area contributed by atoms with Crippen LogP contribution in [-0.2, 0) is 4.79 Å². The van der Waals surface area contributed by atoms with Crippen molar-refractivity contribution in [1.29, 1.82) is 0 Å². The zero-order valence-corrected chi connectivity index (χ0v) is 11.7. The number of nitrogens with zero attached hydrogens (tertiary/aromatic N) is 1. The summed E-state index contributed by atoms with van der Waals surface area (Å²) < 4.78 is 5.36. The number of amides is 2. The minimum absolute atomic E-state index is 0.145. The molecule has 110 valence electrons. The van der Waals surface area contributed by atoms with Crippen LogP contribution in [0.5, 0.6) is 11.5 Å². The van der Waals surface area contributed by atoms with Gasteiger partial charge < -0.3 is 15.6 Å². The van der Waals surface area contributed by atoms with E-state index in [1.165, 1.54) is 19.2 Å². The highest BCUT2D eigenvalue weighted by molar-refractivity contribution is 6.06. The Morgan fingerprint density at radius 1 is 1.45 bits per heavy atom. The molecule has 7 heteroatoms. The highest BCUT2D eigenvalue weighted by Gasteiger charge is 2.20. The average Bonchev–Trinajstić information content (AvgIpc) is 2.36. The number of pyridine rings is 1. The van der Waals surface area contributed by atoms with E-state index >= 15 is 0 Å². The van der Waals surface area contributed by atoms with Crippen LogP contribution in [0.3, 0.4) is 0 Å². The molecule has 1 heterocycles. The van der Waals surface area contributed by atoms with Gasteiger partial charge in [-0.1, -0.05) is 13.8 Å². The summed E-state index contributed by atoms with van der Waals surface area (Å²) in [4.78, 5) is 26.9. The van der Waals surface area contributed by atoms with E-state index in [2.05, 4.69) is 4.98 Å². The van der Waals surface area contributed by atoms with Gasteiger partial charge in [-0.25, -0.2) is 4.98 Å². The fourth-order valence-corrected chi connectivity index (χ4v) is 1.26. The first-order valence-electron chi connectivity index (χ1n) is 6.24. The molecule has 0 aromatic carbocycles. The third-order valence-corrected chi connectivity index (χ3v) is 2.32. The predicted molar refractivity (Wildman–Crippen MR) is 72.4 cm³/mol. The van der Waals surface area contributed by atoms with Crippen molar-refractivity contribution >= 4 is 11.8 Å². The van der Waals surface area contributed by atoms with Crippen LogP contribution in [0.15, 0.2) is 12.3 Å². The number of hydrogen-bond donors (Lipinski definition) is 3. The highest BCUT2D eigenvalue weighted by Crippen LogP contribution is 2.28. The van der Waals surface area contributed by atoms with Gasteiger partial charge in [0.05, 0.1) is 12.6 Å². The number of aromatic hydroxyl groups is 1. The molecule has 0 saturated carbocycles. The summed E-state index contributed by atoms with van der Waals surface area (Å²) in [7, 11) is 0. The number of aromatic nitrogens is 1. The van der Waals surface area contributed by atoms with Gasteiger partial charge in [0.1, 0.15) is 0 Å². The maximum absolute atomic E-state index is 11.8. The van der Waals surface area contributed by atoms with Crippen molar-refractivity contribution in [2.75, 3.05) is 6.61 Å². The lowest BCUT2D eigenvalue weighted by Gasteiger charge is -2.12. The summed E-state index contributed by atoms with van der Waals surface area (Å²) in [5.74, 6) is -1.46. The van der Waals surface area contributed by atoms with E-state index in [9.17, 15) is 14.7 Å². The van der Waals surface area contributed by atoms with Crippen LogP contribution in [0.1, 0.15) is 31.3 Å². The zero-order chi connectivity index (χ0) is 15.3. The second-order valence-electron chi connectivity index (χ2n) is 4.82. The Morgan fingerprint density at radius 3 is 2.65 bits per heavy atom. The quantitative estimate of drug-likeness (QED) is 0.721. The molecule has 1 rings (SSSR count). The maximum atomic E-state index is 11.8. The number of rotatable bonds is 5. The average molecular weight is 281 g/mol. The Bertz CT molecular complexity index is 500. The van der Waals surface area contributed by atoms with E-state index in [1.807, 2.05) is 19.2 Å². The van der Waals surface area contributed by atoms with Crippen molar-refractivity contribution in [1.82, 2.24) is 10.3 Å². The van der Waals surface area contributed by atoms with Gasteiger partial charge in [-0.05, 0) is 12.8 Å². The first-order valence-corrected chi connectivity index (χ1v) is 6.24. The fourth-order valence-electron chi connectivity index (χ4n) is 1.26. The molecule has 1 aromatic rings. The molecule has 0 unspecified atom stereocenters. The summed E-state index contributed by atoms with van der Waals surface area (Å²) in [6.07, 6.45) is 1.32. The van der Waals surface area contributed by atoms with Crippen LogP contribution < -0.4 is 15.8 Å². The molecular formula is C13H19N3O4. The summed E-state index contributed by atoms with van der Waals surface area (Å²) >= 11 is 0. The van der Waals surface area contributed by atoms with Crippen LogP contribution >= 0.6 is 0 Å². The van der Waals surface area contributed by atoms with Gasteiger partial charge >= 0.3 is 0 Å². The molecule has 0 spiro atoms. The standard InChI is InChI=1S/C13H19N3O4/c1-7(2)6-20-9-4-5-15-10(11(9)17)13(19)16-12(18)8(3)14/h4-5,7-8,17H,6,14H2,1-3H3,(H,16,18,19)/t8-/m0/s1. The van der Waals surface area contributed by atoms with E-state index < -0.39 is 23.6 Å². The van der Waals surface area contributed by atoms with Crippen LogP contribution in [-0.4, -0.2) is 34.6 Å². The Hall–Kier alpha value is -2.15. The molecule has 0 aliphatic carbocycles. The number of imide groups is 1. The first kappa shape index (κ1) is 15.9. The Morgan fingerprint density at radius 2 is 2.10 bits per heavy atom. The lowest BCUT2D eigenvalue weighted by Crippen LogP contribution is -2.41. The normalized spacial score (nSPS) is 12.1. The smallest absolute Gasteiger partial charge is 0.280 e. The number of carbonyl (C=O) groups excluding carboxylic acids is 2. The van der Waals surface area contributed by atoms with Gasteiger partial charge in [0.25, 0.3) is 5.91 Å². The summed E-state index contributed by atoms with van der Waals surface area (Å²) in [5, 5.41) is 12.0. The van der Waals surface area contributed by atoms with Crippen molar-refractivity contribution in [2.45, 2.75) is 26.8 Å². The molecule has 0 bridgehead atoms. The van der Waals surface area contributed by atoms with Crippen LogP contribution in [0, 0.1) is 5.92 Å². The molecule has 0 aliphatic rings. The van der Waals surface area contributed by atoms with Gasteiger partial charge in [-0.3, -0.25) is 14.9 Å². The predicted octanol–water partition coefficient (Wildman–Crippen LogP) is 0.426. The lowest BCUT2D eigenvalue weighted by atomic mass is 10.2. The molecule has 0 saturated heterocycles. The van der Waals surface area contributed by atoms with Gasteiger partial charge in [-0.2, -0.15) is 0 Å². The molecule has 2 amide bonds. The number of ether oxygens (including phenoxy) is 1. The van der Waals surface area contributed by atoms with Crippen molar-refractivity contribution in [3.05, 3.63) is 18.0 Å². The van der Waals surface area contributed by atoms with Gasteiger partial charge in [0.2, 0.25) is 5.91 Å². The minimum Gasteiger partial charge on any atom is -0.503 e. The largest absolute Gasteiger partial charge is 0.503 e. The van der Waals surface area contributed by atoms with Gasteiger partial charge in [-0.15, -0.1) is 0 Å². The number of nitrogens with two attached hydrogens (primary N) is 1. The van der Waals surface area contributed by atoms with E-state index in [0.717, 1.165) is 0 Å². The van der Waals surface area contributed by atoms with E-state index in [1.54, 1.807) is 0 Å². The highest BCUT2D eigenvalue weighted by atomic mass is 16.5. The molecule has 0 radical (unpaired) electrons. The third kappa shape index (κ3) is 4.20. The molecule has 1 atom stereocenters. The second-order valence-corrected chi connectivity index (χ2v) is 4.82. The van der Waals surface area contributed by atoms with E-state index in [4.69, 9.17) is 10.5 Å². The van der Waals surface area contributed by atoms with Crippen LogP contribution in [0.4, 0.5) is 0 Å².